The minimum Gasteiger partial charge on any atom is -0.298 e. The van der Waals surface area contributed by atoms with Crippen molar-refractivity contribution in [1.82, 2.24) is 5.43 Å². The Hall–Kier alpha value is -1.64. The van der Waals surface area contributed by atoms with E-state index < -0.39 is 0 Å². The number of carbonyl (C=O) groups excluding carboxylic acids is 1. The van der Waals surface area contributed by atoms with Crippen molar-refractivity contribution >= 4 is 18.2 Å². The number of benzene rings is 1. The van der Waals surface area contributed by atoms with Crippen LogP contribution in [0, 0.1) is 0 Å². The summed E-state index contributed by atoms with van der Waals surface area (Å²) < 4.78 is 0. The summed E-state index contributed by atoms with van der Waals surface area (Å²) in [6, 6.07) is 5.28. The van der Waals surface area contributed by atoms with E-state index in [1.54, 1.807) is 24.4 Å². The van der Waals surface area contributed by atoms with Crippen LogP contribution in [0.15, 0.2) is 23.3 Å². The summed E-state index contributed by atoms with van der Waals surface area (Å²) in [6.45, 7) is 0. The molecule has 0 fully saturated rings. The van der Waals surface area contributed by atoms with Crippen LogP contribution in [0.5, 0.6) is 0 Å². The van der Waals surface area contributed by atoms with Crippen LogP contribution >= 0.6 is 0 Å². The molecule has 0 aromatic heterocycles. The Bertz CT molecular complexity index is 331. The van der Waals surface area contributed by atoms with Crippen molar-refractivity contribution in [1.29, 1.82) is 0 Å². The molecule has 3 nitrogen and oxygen atoms in total. The highest BCUT2D eigenvalue weighted by Gasteiger charge is 2.06. The van der Waals surface area contributed by atoms with Gasteiger partial charge in [-0.15, -0.1) is 0 Å². The summed E-state index contributed by atoms with van der Waals surface area (Å²) in [5.74, 6) is 0. The Balaban J connectivity index is 2.55. The van der Waals surface area contributed by atoms with Crippen molar-refractivity contribution in [2.24, 2.45) is 5.10 Å². The van der Waals surface area contributed by atoms with Crippen molar-refractivity contribution in [2.75, 3.05) is 0 Å². The van der Waals surface area contributed by atoms with E-state index in [1.165, 1.54) is 0 Å². The fraction of sp³-hybridized carbons (Fsp3) is 0. The van der Waals surface area contributed by atoms with Crippen LogP contribution in [0.3, 0.4) is 0 Å². The second-order valence-corrected chi connectivity index (χ2v) is 2.28. The Morgan fingerprint density at radius 3 is 3.09 bits per heavy atom. The SMILES string of the molecule is O=Cc1ccc2c(c1)C=N[N]2. The van der Waals surface area contributed by atoms with E-state index in [4.69, 9.17) is 0 Å². The lowest BCUT2D eigenvalue weighted by Gasteiger charge is -1.94. The molecule has 0 aliphatic carbocycles. The molecule has 0 saturated carbocycles. The molecular formula is C8H5N2O. The molecule has 2 rings (SSSR count). The van der Waals surface area contributed by atoms with Gasteiger partial charge in [0.25, 0.3) is 0 Å². The molecule has 1 aromatic rings. The summed E-state index contributed by atoms with van der Waals surface area (Å²) in [4.78, 5) is 10.3. The normalized spacial score (nSPS) is 12.4. The number of carbonyl (C=O) groups is 1. The molecule has 53 valence electrons. The van der Waals surface area contributed by atoms with E-state index >= 15 is 0 Å². The zero-order chi connectivity index (χ0) is 7.68. The predicted molar refractivity (Wildman–Crippen MR) is 41.2 cm³/mol. The van der Waals surface area contributed by atoms with Crippen molar-refractivity contribution in [3.05, 3.63) is 29.3 Å². The molecule has 0 amide bonds. The Morgan fingerprint density at radius 2 is 2.27 bits per heavy atom. The Labute approximate surface area is 63.7 Å². The quantitative estimate of drug-likeness (QED) is 0.545. The maximum atomic E-state index is 10.3. The van der Waals surface area contributed by atoms with Gasteiger partial charge in [-0.3, -0.25) is 4.79 Å². The van der Waals surface area contributed by atoms with Crippen LogP contribution < -0.4 is 5.43 Å². The van der Waals surface area contributed by atoms with Gasteiger partial charge in [-0.25, -0.2) is 0 Å². The predicted octanol–water partition coefficient (Wildman–Crippen LogP) is 1.08. The van der Waals surface area contributed by atoms with Gasteiger partial charge in [0.05, 0.1) is 11.9 Å². The van der Waals surface area contributed by atoms with Gasteiger partial charge < -0.3 is 0 Å². The van der Waals surface area contributed by atoms with Crippen LogP contribution in [0.4, 0.5) is 5.69 Å². The van der Waals surface area contributed by atoms with Crippen LogP contribution in [0.1, 0.15) is 15.9 Å². The first-order chi connectivity index (χ1) is 5.40. The maximum absolute atomic E-state index is 10.3. The minimum absolute atomic E-state index is 0.660. The average molecular weight is 145 g/mol. The van der Waals surface area contributed by atoms with Crippen molar-refractivity contribution in [3.63, 3.8) is 0 Å². The third-order valence-corrected chi connectivity index (χ3v) is 1.55. The van der Waals surface area contributed by atoms with Gasteiger partial charge in [0.1, 0.15) is 6.29 Å². The number of hydrogen-bond acceptors (Lipinski definition) is 2. The number of rotatable bonds is 1. The molecule has 3 heteroatoms. The average Bonchev–Trinajstić information content (AvgIpc) is 2.50. The molecule has 1 heterocycles. The van der Waals surface area contributed by atoms with E-state index in [9.17, 15) is 4.79 Å². The van der Waals surface area contributed by atoms with Gasteiger partial charge in [0.15, 0.2) is 0 Å². The summed E-state index contributed by atoms with van der Waals surface area (Å²) in [7, 11) is 0. The molecule has 0 bridgehead atoms. The molecule has 1 aromatic carbocycles. The molecular weight excluding hydrogens is 140 g/mol. The first-order valence-corrected chi connectivity index (χ1v) is 3.23. The third-order valence-electron chi connectivity index (χ3n) is 1.55. The molecule has 1 aliphatic rings. The second kappa shape index (κ2) is 2.20. The monoisotopic (exact) mass is 145 g/mol. The Morgan fingerprint density at radius 1 is 1.36 bits per heavy atom. The lowest BCUT2D eigenvalue weighted by molar-refractivity contribution is 0.112. The van der Waals surface area contributed by atoms with Crippen molar-refractivity contribution in [2.45, 2.75) is 0 Å². The highest BCUT2D eigenvalue weighted by molar-refractivity contribution is 5.92. The molecule has 0 spiro atoms. The highest BCUT2D eigenvalue weighted by atomic mass is 16.1. The first kappa shape index (κ1) is 6.09. The molecule has 0 unspecified atom stereocenters. The van der Waals surface area contributed by atoms with Gasteiger partial charge in [0, 0.05) is 11.1 Å². The van der Waals surface area contributed by atoms with E-state index in [0.29, 0.717) is 5.56 Å². The van der Waals surface area contributed by atoms with Gasteiger partial charge in [-0.05, 0) is 18.2 Å². The number of aldehydes is 1. The third kappa shape index (κ3) is 0.902. The van der Waals surface area contributed by atoms with Crippen LogP contribution in [0.25, 0.3) is 0 Å². The van der Waals surface area contributed by atoms with E-state index in [0.717, 1.165) is 17.5 Å². The van der Waals surface area contributed by atoms with Gasteiger partial charge >= 0.3 is 0 Å². The minimum atomic E-state index is 0.660. The number of nitrogens with zero attached hydrogens (tertiary/aromatic N) is 2. The van der Waals surface area contributed by atoms with E-state index in [-0.39, 0.29) is 0 Å². The van der Waals surface area contributed by atoms with Crippen molar-refractivity contribution < 1.29 is 4.79 Å². The highest BCUT2D eigenvalue weighted by Crippen LogP contribution is 2.18. The Kier molecular flexibility index (Phi) is 1.22. The van der Waals surface area contributed by atoms with Crippen LogP contribution in [-0.2, 0) is 0 Å². The number of hydrogen-bond donors (Lipinski definition) is 0. The maximum Gasteiger partial charge on any atom is 0.150 e. The molecule has 1 radical (unpaired) electrons. The summed E-state index contributed by atoms with van der Waals surface area (Å²) in [6.07, 6.45) is 2.45. The fourth-order valence-electron chi connectivity index (χ4n) is 0.994. The summed E-state index contributed by atoms with van der Waals surface area (Å²) in [5.41, 5.74) is 6.23. The largest absolute Gasteiger partial charge is 0.298 e. The molecule has 1 aliphatic heterocycles. The lowest BCUT2D eigenvalue weighted by atomic mass is 10.1. The molecule has 11 heavy (non-hydrogen) atoms. The fourth-order valence-corrected chi connectivity index (χ4v) is 0.994. The van der Waals surface area contributed by atoms with E-state index in [1.807, 2.05) is 0 Å². The van der Waals surface area contributed by atoms with Crippen molar-refractivity contribution in [3.8, 4) is 0 Å². The molecule has 0 saturated heterocycles. The zero-order valence-corrected chi connectivity index (χ0v) is 5.69. The molecule has 0 atom stereocenters. The first-order valence-electron chi connectivity index (χ1n) is 3.23. The van der Waals surface area contributed by atoms with Gasteiger partial charge in [0.2, 0.25) is 0 Å². The van der Waals surface area contributed by atoms with Gasteiger partial charge in [-0.2, -0.15) is 10.5 Å². The second-order valence-electron chi connectivity index (χ2n) is 2.28. The summed E-state index contributed by atoms with van der Waals surface area (Å²) in [5, 5.41) is 3.71. The zero-order valence-electron chi connectivity index (χ0n) is 5.69. The van der Waals surface area contributed by atoms with Gasteiger partial charge in [-0.1, -0.05) is 0 Å². The van der Waals surface area contributed by atoms with E-state index in [2.05, 4.69) is 10.5 Å². The smallest absolute Gasteiger partial charge is 0.150 e. The number of fused-ring (bicyclic) bond motifs is 1. The summed E-state index contributed by atoms with van der Waals surface area (Å²) >= 11 is 0. The standard InChI is InChI=1S/C8H5N2O/c11-5-6-1-2-8-7(3-6)4-9-10-8/h1-5H. The van der Waals surface area contributed by atoms with Crippen LogP contribution in [0.2, 0.25) is 0 Å². The topological polar surface area (TPSA) is 43.5 Å². The van der Waals surface area contributed by atoms with Crippen LogP contribution in [-0.4, -0.2) is 12.5 Å². The lowest BCUT2D eigenvalue weighted by Crippen LogP contribution is -1.85. The molecule has 0 N–H and O–H groups in total.